The van der Waals surface area contributed by atoms with E-state index in [0.29, 0.717) is 0 Å². The summed E-state index contributed by atoms with van der Waals surface area (Å²) in [5.74, 6) is 3.94. The number of rotatable bonds is 4. The van der Waals surface area contributed by atoms with Gasteiger partial charge in [-0.15, -0.1) is 0 Å². The van der Waals surface area contributed by atoms with Gasteiger partial charge < -0.3 is 4.90 Å². The van der Waals surface area contributed by atoms with E-state index in [2.05, 4.69) is 38.3 Å². The third-order valence-electron chi connectivity index (χ3n) is 5.26. The van der Waals surface area contributed by atoms with Gasteiger partial charge in [-0.3, -0.25) is 0 Å². The quantitative estimate of drug-likeness (QED) is 0.606. The highest BCUT2D eigenvalue weighted by molar-refractivity contribution is 7.79. The van der Waals surface area contributed by atoms with Crippen LogP contribution in [0.2, 0.25) is 0 Å². The van der Waals surface area contributed by atoms with Gasteiger partial charge in [0.05, 0.1) is 0 Å². The first kappa shape index (κ1) is 22.3. The normalized spacial score (nSPS) is 26.7. The molecule has 2 heteroatoms. The summed E-state index contributed by atoms with van der Waals surface area (Å²) >= 11 is 3.53. The molecule has 0 amide bonds. The molecule has 2 atom stereocenters. The van der Waals surface area contributed by atoms with Crippen molar-refractivity contribution in [3.63, 3.8) is 0 Å². The third kappa shape index (κ3) is 8.82. The largest absolute Gasteiger partial charge is 0.303 e. The zero-order valence-electron chi connectivity index (χ0n) is 16.3. The number of piperidine rings is 1. The molecule has 0 aromatic rings. The van der Waals surface area contributed by atoms with E-state index in [1.54, 1.807) is 6.26 Å². The first-order chi connectivity index (χ1) is 10.6. The lowest BCUT2D eigenvalue weighted by molar-refractivity contribution is 0.131. The molecule has 2 rings (SSSR count). The number of nitrogens with zero attached hydrogens (tertiary/aromatic N) is 1. The molecule has 0 spiro atoms. The summed E-state index contributed by atoms with van der Waals surface area (Å²) in [4.78, 5) is 2.69. The fourth-order valence-corrected chi connectivity index (χ4v) is 4.09. The molecule has 2 aliphatic rings. The Bertz CT molecular complexity index is 234. The Kier molecular flexibility index (Phi) is 13.9. The monoisotopic (exact) mass is 329 g/mol. The first-order valence-corrected chi connectivity index (χ1v) is 10.7. The summed E-state index contributed by atoms with van der Waals surface area (Å²) in [7, 11) is 0. The zero-order valence-corrected chi connectivity index (χ0v) is 17.2. The van der Waals surface area contributed by atoms with Crippen molar-refractivity contribution in [3.05, 3.63) is 0 Å². The minimum absolute atomic E-state index is 0.833. The molecule has 0 radical (unpaired) electrons. The van der Waals surface area contributed by atoms with Crippen LogP contribution in [-0.4, -0.2) is 30.8 Å². The second-order valence-electron chi connectivity index (χ2n) is 7.40. The Hall–Kier alpha value is 0.310. The van der Waals surface area contributed by atoms with Gasteiger partial charge in [0.1, 0.15) is 0 Å². The second kappa shape index (κ2) is 13.7. The molecule has 1 aliphatic carbocycles. The lowest BCUT2D eigenvalue weighted by Crippen LogP contribution is -2.37. The van der Waals surface area contributed by atoms with Gasteiger partial charge in [0, 0.05) is 6.54 Å². The van der Waals surface area contributed by atoms with E-state index < -0.39 is 0 Å². The SMILES string of the molecule is CC.CC(C)CN1CCC(CC2CCCCC2C)CC1.CS. The van der Waals surface area contributed by atoms with Crippen molar-refractivity contribution < 1.29 is 0 Å². The van der Waals surface area contributed by atoms with Gasteiger partial charge in [-0.25, -0.2) is 0 Å². The molecule has 2 unspecified atom stereocenters. The third-order valence-corrected chi connectivity index (χ3v) is 5.26. The van der Waals surface area contributed by atoms with Crippen LogP contribution in [0.5, 0.6) is 0 Å². The van der Waals surface area contributed by atoms with Gasteiger partial charge in [0.25, 0.3) is 0 Å². The Morgan fingerprint density at radius 3 is 2.00 bits per heavy atom. The molecule has 1 aliphatic heterocycles. The van der Waals surface area contributed by atoms with Gasteiger partial charge in [0.2, 0.25) is 0 Å². The van der Waals surface area contributed by atoms with Crippen LogP contribution in [0.4, 0.5) is 0 Å². The number of hydrogen-bond acceptors (Lipinski definition) is 2. The van der Waals surface area contributed by atoms with Crippen LogP contribution in [0, 0.1) is 23.7 Å². The van der Waals surface area contributed by atoms with Gasteiger partial charge >= 0.3 is 0 Å². The van der Waals surface area contributed by atoms with Gasteiger partial charge in [-0.05, 0) is 62.3 Å². The molecule has 0 N–H and O–H groups in total. The Morgan fingerprint density at radius 1 is 0.955 bits per heavy atom. The summed E-state index contributed by atoms with van der Waals surface area (Å²) < 4.78 is 0. The maximum atomic E-state index is 3.53. The highest BCUT2D eigenvalue weighted by atomic mass is 32.1. The van der Waals surface area contributed by atoms with E-state index in [1.807, 2.05) is 13.8 Å². The van der Waals surface area contributed by atoms with Crippen molar-refractivity contribution in [1.29, 1.82) is 0 Å². The van der Waals surface area contributed by atoms with Gasteiger partial charge in [-0.1, -0.05) is 60.3 Å². The summed E-state index contributed by atoms with van der Waals surface area (Å²) in [5, 5.41) is 0. The number of thiol groups is 1. The zero-order chi connectivity index (χ0) is 17.0. The maximum Gasteiger partial charge on any atom is 0.000439 e. The van der Waals surface area contributed by atoms with E-state index in [4.69, 9.17) is 0 Å². The molecule has 0 aromatic carbocycles. The van der Waals surface area contributed by atoms with Crippen LogP contribution in [-0.2, 0) is 0 Å². The lowest BCUT2D eigenvalue weighted by Gasteiger charge is -2.37. The van der Waals surface area contributed by atoms with Crippen molar-refractivity contribution in [2.75, 3.05) is 25.9 Å². The molecule has 0 bridgehead atoms. The van der Waals surface area contributed by atoms with E-state index in [1.165, 1.54) is 64.6 Å². The van der Waals surface area contributed by atoms with Crippen LogP contribution in [0.25, 0.3) is 0 Å². The Balaban J connectivity index is 0.00000102. The fraction of sp³-hybridized carbons (Fsp3) is 1.00. The Labute approximate surface area is 147 Å². The topological polar surface area (TPSA) is 3.24 Å². The van der Waals surface area contributed by atoms with Crippen LogP contribution >= 0.6 is 12.6 Å². The summed E-state index contributed by atoms with van der Waals surface area (Å²) in [6.07, 6.45) is 12.2. The smallest absolute Gasteiger partial charge is 0.000439 e. The van der Waals surface area contributed by atoms with Crippen molar-refractivity contribution in [3.8, 4) is 0 Å². The number of likely N-dealkylation sites (tertiary alicyclic amines) is 1. The minimum Gasteiger partial charge on any atom is -0.303 e. The predicted molar refractivity (Wildman–Crippen MR) is 106 cm³/mol. The molecular formula is C20H43NS. The summed E-state index contributed by atoms with van der Waals surface area (Å²) in [6, 6.07) is 0. The molecule has 134 valence electrons. The molecule has 1 heterocycles. The molecule has 1 nitrogen and oxygen atoms in total. The molecule has 1 saturated heterocycles. The average Bonchev–Trinajstić information content (AvgIpc) is 2.55. The van der Waals surface area contributed by atoms with Crippen LogP contribution in [0.1, 0.15) is 79.6 Å². The van der Waals surface area contributed by atoms with E-state index in [-0.39, 0.29) is 0 Å². The van der Waals surface area contributed by atoms with Crippen LogP contribution < -0.4 is 0 Å². The predicted octanol–water partition coefficient (Wildman–Crippen LogP) is 6.14. The van der Waals surface area contributed by atoms with Crippen molar-refractivity contribution >= 4 is 12.6 Å². The molecule has 1 saturated carbocycles. The second-order valence-corrected chi connectivity index (χ2v) is 7.40. The number of hydrogen-bond donors (Lipinski definition) is 1. The minimum atomic E-state index is 0.833. The Morgan fingerprint density at radius 2 is 1.50 bits per heavy atom. The van der Waals surface area contributed by atoms with Crippen molar-refractivity contribution in [2.45, 2.75) is 79.6 Å². The van der Waals surface area contributed by atoms with Gasteiger partial charge in [0.15, 0.2) is 0 Å². The standard InChI is InChI=1S/C17H33N.C2H6.CH4S/c1-14(2)13-18-10-8-16(9-11-18)12-17-7-5-4-6-15(17)3;2*1-2/h14-17H,4-13H2,1-3H3;1-2H3;2H,1H3. The fourth-order valence-electron chi connectivity index (χ4n) is 4.09. The highest BCUT2D eigenvalue weighted by Gasteiger charge is 2.27. The van der Waals surface area contributed by atoms with Gasteiger partial charge in [-0.2, -0.15) is 12.6 Å². The molecule has 22 heavy (non-hydrogen) atoms. The van der Waals surface area contributed by atoms with Crippen LogP contribution in [0.15, 0.2) is 0 Å². The molecule has 2 fully saturated rings. The lowest BCUT2D eigenvalue weighted by atomic mass is 9.74. The van der Waals surface area contributed by atoms with E-state index in [9.17, 15) is 0 Å². The maximum absolute atomic E-state index is 3.53. The van der Waals surface area contributed by atoms with E-state index >= 15 is 0 Å². The summed E-state index contributed by atoms with van der Waals surface area (Å²) in [5.41, 5.74) is 0. The first-order valence-electron chi connectivity index (χ1n) is 9.82. The molecule has 0 aromatic heterocycles. The van der Waals surface area contributed by atoms with Crippen LogP contribution in [0.3, 0.4) is 0 Å². The highest BCUT2D eigenvalue weighted by Crippen LogP contribution is 2.36. The van der Waals surface area contributed by atoms with E-state index in [0.717, 1.165) is 23.7 Å². The van der Waals surface area contributed by atoms with Crippen molar-refractivity contribution in [1.82, 2.24) is 4.90 Å². The average molecular weight is 330 g/mol. The molecular weight excluding hydrogens is 286 g/mol. The van der Waals surface area contributed by atoms with Crippen molar-refractivity contribution in [2.24, 2.45) is 23.7 Å². The summed E-state index contributed by atoms with van der Waals surface area (Å²) in [6.45, 7) is 15.2.